The molecule has 1 spiro atoms. The van der Waals surface area contributed by atoms with Crippen molar-refractivity contribution < 1.29 is 15.5 Å². The van der Waals surface area contributed by atoms with Gasteiger partial charge in [0.15, 0.2) is 0 Å². The Labute approximate surface area is 94.4 Å². The maximum Gasteiger partial charge on any atom is 0.0669 e. The van der Waals surface area contributed by atoms with Gasteiger partial charge in [0.1, 0.15) is 0 Å². The van der Waals surface area contributed by atoms with E-state index in [-0.39, 0.29) is 22.1 Å². The highest BCUT2D eigenvalue weighted by molar-refractivity contribution is 5.38. The Kier molecular flexibility index (Phi) is 1.92. The molecule has 1 unspecified atom stereocenters. The summed E-state index contributed by atoms with van der Waals surface area (Å²) in [7, 11) is 0. The Morgan fingerprint density at radius 1 is 1.56 bits per heavy atom. The Morgan fingerprint density at radius 3 is 2.88 bits per heavy atom. The van der Waals surface area contributed by atoms with Crippen LogP contribution in [0.5, 0.6) is 0 Å². The molecule has 0 saturated heterocycles. The second-order valence-corrected chi connectivity index (χ2v) is 5.27. The smallest absolute Gasteiger partial charge is 0.0669 e. The van der Waals surface area contributed by atoms with E-state index in [1.54, 1.807) is 0 Å². The van der Waals surface area contributed by atoms with Crippen LogP contribution in [0.15, 0.2) is 23.1 Å². The van der Waals surface area contributed by atoms with Gasteiger partial charge in [-0.15, -0.1) is 11.0 Å². The van der Waals surface area contributed by atoms with Crippen molar-refractivity contribution in [2.75, 3.05) is 0 Å². The third-order valence-electron chi connectivity index (χ3n) is 4.58. The summed E-state index contributed by atoms with van der Waals surface area (Å²) in [5, 5.41) is 29.6. The van der Waals surface area contributed by atoms with Gasteiger partial charge in [-0.2, -0.15) is 0 Å². The van der Waals surface area contributed by atoms with Crippen molar-refractivity contribution in [3.05, 3.63) is 23.1 Å². The number of hydrogen-bond acceptors (Lipinski definition) is 4. The molecule has 4 heteroatoms. The summed E-state index contributed by atoms with van der Waals surface area (Å²) in [5.74, 6) is 0.858. The molecule has 0 amide bonds. The fourth-order valence-corrected chi connectivity index (χ4v) is 3.82. The fraction of sp³-hybridized carbons (Fsp3) is 0.667. The molecule has 0 aromatic carbocycles. The number of hydroxylamine groups is 2. The van der Waals surface area contributed by atoms with Crippen LogP contribution in [0.25, 0.3) is 0 Å². The fourth-order valence-electron chi connectivity index (χ4n) is 3.82. The van der Waals surface area contributed by atoms with Gasteiger partial charge in [-0.05, 0) is 37.5 Å². The Balaban J connectivity index is 1.88. The zero-order valence-electron chi connectivity index (χ0n) is 9.31. The molecular formula is C12H16NO3-. The first-order chi connectivity index (χ1) is 7.58. The van der Waals surface area contributed by atoms with Crippen LogP contribution in [0.3, 0.4) is 0 Å². The average molecular weight is 222 g/mol. The molecule has 0 bridgehead atoms. The lowest BCUT2D eigenvalue weighted by Gasteiger charge is -2.61. The monoisotopic (exact) mass is 222 g/mol. The summed E-state index contributed by atoms with van der Waals surface area (Å²) >= 11 is 0. The molecule has 0 aliphatic heterocycles. The maximum atomic E-state index is 11.4. The molecular weight excluding hydrogens is 206 g/mol. The van der Waals surface area contributed by atoms with Crippen molar-refractivity contribution in [2.45, 2.75) is 32.6 Å². The first-order valence-electron chi connectivity index (χ1n) is 5.86. The van der Waals surface area contributed by atoms with Crippen LogP contribution in [0, 0.1) is 17.3 Å². The molecule has 3 aliphatic carbocycles. The van der Waals surface area contributed by atoms with Gasteiger partial charge in [-0.25, -0.2) is 0 Å². The van der Waals surface area contributed by atoms with Gasteiger partial charge in [0, 0.05) is 5.41 Å². The largest absolute Gasteiger partial charge is 0.874 e. The van der Waals surface area contributed by atoms with E-state index >= 15 is 0 Å². The predicted octanol–water partition coefficient (Wildman–Crippen LogP) is 1.40. The van der Waals surface area contributed by atoms with Crippen molar-refractivity contribution in [3.8, 4) is 0 Å². The predicted molar refractivity (Wildman–Crippen MR) is 54.1 cm³/mol. The lowest BCUT2D eigenvalue weighted by molar-refractivity contribution is -0.366. The summed E-state index contributed by atoms with van der Waals surface area (Å²) in [6.45, 7) is 2.14. The SMILES string of the molecule is CCC1=C[C@@H]2[C@H](C1)CC21CC([O-])=C1N(O)O. The Morgan fingerprint density at radius 2 is 2.31 bits per heavy atom. The van der Waals surface area contributed by atoms with Crippen molar-refractivity contribution in [2.24, 2.45) is 17.3 Å². The minimum Gasteiger partial charge on any atom is -0.874 e. The van der Waals surface area contributed by atoms with E-state index in [9.17, 15) is 5.11 Å². The number of allylic oxidation sites excluding steroid dienone is 4. The van der Waals surface area contributed by atoms with Crippen LogP contribution in [-0.2, 0) is 0 Å². The normalized spacial score (nSPS) is 40.3. The Bertz CT molecular complexity index is 399. The molecule has 3 atom stereocenters. The van der Waals surface area contributed by atoms with E-state index in [4.69, 9.17) is 10.4 Å². The summed E-state index contributed by atoms with van der Waals surface area (Å²) < 4.78 is 0. The number of fused-ring (bicyclic) bond motifs is 2. The first-order valence-corrected chi connectivity index (χ1v) is 5.86. The number of hydrogen-bond donors (Lipinski definition) is 2. The van der Waals surface area contributed by atoms with Crippen molar-refractivity contribution in [1.82, 2.24) is 5.23 Å². The first kappa shape index (κ1) is 10.2. The summed E-state index contributed by atoms with van der Waals surface area (Å²) in [6.07, 6.45) is 5.85. The van der Waals surface area contributed by atoms with Gasteiger partial charge in [0.25, 0.3) is 0 Å². The second kappa shape index (κ2) is 3.02. The van der Waals surface area contributed by atoms with Crippen LogP contribution >= 0.6 is 0 Å². The van der Waals surface area contributed by atoms with E-state index in [0.29, 0.717) is 18.3 Å². The highest BCUT2D eigenvalue weighted by Gasteiger charge is 2.61. The molecule has 2 N–H and O–H groups in total. The van der Waals surface area contributed by atoms with Gasteiger partial charge in [-0.1, -0.05) is 18.6 Å². The lowest BCUT2D eigenvalue weighted by atomic mass is 9.47. The molecule has 0 radical (unpaired) electrons. The molecule has 16 heavy (non-hydrogen) atoms. The summed E-state index contributed by atoms with van der Waals surface area (Å²) in [6, 6.07) is 0. The molecule has 4 nitrogen and oxygen atoms in total. The molecule has 0 aromatic heterocycles. The summed E-state index contributed by atoms with van der Waals surface area (Å²) in [4.78, 5) is 0. The molecule has 3 aliphatic rings. The molecule has 1 fully saturated rings. The molecule has 1 saturated carbocycles. The van der Waals surface area contributed by atoms with Gasteiger partial charge < -0.3 is 5.11 Å². The number of nitrogens with zero attached hydrogens (tertiary/aromatic N) is 1. The lowest BCUT2D eigenvalue weighted by Crippen LogP contribution is -2.57. The average Bonchev–Trinajstić information content (AvgIpc) is 2.51. The third kappa shape index (κ3) is 1.01. The van der Waals surface area contributed by atoms with E-state index in [1.165, 1.54) is 5.57 Å². The number of rotatable bonds is 2. The maximum absolute atomic E-state index is 11.4. The van der Waals surface area contributed by atoms with Crippen molar-refractivity contribution in [3.63, 3.8) is 0 Å². The Hall–Kier alpha value is -1.00. The van der Waals surface area contributed by atoms with E-state index in [1.807, 2.05) is 0 Å². The van der Waals surface area contributed by atoms with Crippen LogP contribution < -0.4 is 5.11 Å². The topological polar surface area (TPSA) is 66.8 Å². The van der Waals surface area contributed by atoms with Crippen LogP contribution in [0.2, 0.25) is 0 Å². The third-order valence-corrected chi connectivity index (χ3v) is 4.58. The van der Waals surface area contributed by atoms with Gasteiger partial charge in [-0.3, -0.25) is 10.4 Å². The minimum absolute atomic E-state index is 0.0554. The molecule has 0 aromatic rings. The quantitative estimate of drug-likeness (QED) is 0.547. The second-order valence-electron chi connectivity index (χ2n) is 5.27. The van der Waals surface area contributed by atoms with Gasteiger partial charge in [0.2, 0.25) is 0 Å². The highest BCUT2D eigenvalue weighted by Crippen LogP contribution is 2.68. The molecule has 88 valence electrons. The van der Waals surface area contributed by atoms with Crippen LogP contribution in [0.1, 0.15) is 32.6 Å². The van der Waals surface area contributed by atoms with Crippen LogP contribution in [-0.4, -0.2) is 15.6 Å². The van der Waals surface area contributed by atoms with Gasteiger partial charge >= 0.3 is 0 Å². The molecule has 3 rings (SSSR count). The van der Waals surface area contributed by atoms with Crippen molar-refractivity contribution >= 4 is 0 Å². The van der Waals surface area contributed by atoms with E-state index in [2.05, 4.69) is 13.0 Å². The van der Waals surface area contributed by atoms with Gasteiger partial charge in [0.05, 0.1) is 5.70 Å². The van der Waals surface area contributed by atoms with Crippen molar-refractivity contribution in [1.29, 1.82) is 0 Å². The summed E-state index contributed by atoms with van der Waals surface area (Å²) in [5.41, 5.74) is 1.41. The molecule has 0 heterocycles. The van der Waals surface area contributed by atoms with E-state index < -0.39 is 0 Å². The zero-order valence-corrected chi connectivity index (χ0v) is 9.31. The highest BCUT2D eigenvalue weighted by atomic mass is 16.8. The standard InChI is InChI=1S/C12H17NO3/c1-2-7-3-8-5-12(9(8)4-7)6-10(14)11(12)13(15)16/h4,8-9,14-16H,2-3,5-6H2,1H3/p-1/t8-,9-,12?/m1/s1. The van der Waals surface area contributed by atoms with E-state index in [0.717, 1.165) is 19.3 Å². The van der Waals surface area contributed by atoms with Crippen LogP contribution in [0.4, 0.5) is 0 Å². The minimum atomic E-state index is -0.248. The zero-order chi connectivity index (χ0) is 11.5.